The standard InChI is InChI=1S/C35H34N2O3/c1-23(25-13-15-28(16-14-25)35(39)40)36-34(38)32-21-31(26-7-3-2-4-8-26)20-30-17-18-37(33(30)32)22-24-11-12-27-9-5-6-10-29(27)19-24/h2-12,17-21,23,25,28H,13-16,22H2,1H3,(H,36,38)(H,39,40)/t23-,25?,28?/m0/s1. The fourth-order valence-corrected chi connectivity index (χ4v) is 6.25. The van der Waals surface area contributed by atoms with Gasteiger partial charge >= 0.3 is 5.97 Å². The quantitative estimate of drug-likeness (QED) is 0.229. The van der Waals surface area contributed by atoms with Gasteiger partial charge < -0.3 is 15.0 Å². The average molecular weight is 531 g/mol. The first-order chi connectivity index (χ1) is 19.5. The zero-order valence-corrected chi connectivity index (χ0v) is 22.7. The highest BCUT2D eigenvalue weighted by atomic mass is 16.4. The molecule has 1 fully saturated rings. The van der Waals surface area contributed by atoms with Gasteiger partial charge in [0.1, 0.15) is 0 Å². The minimum Gasteiger partial charge on any atom is -0.481 e. The summed E-state index contributed by atoms with van der Waals surface area (Å²) in [6, 6.07) is 31.3. The van der Waals surface area contributed by atoms with Crippen LogP contribution in [0.2, 0.25) is 0 Å². The second-order valence-electron chi connectivity index (χ2n) is 11.2. The van der Waals surface area contributed by atoms with Crippen LogP contribution in [0.3, 0.4) is 0 Å². The molecular weight excluding hydrogens is 496 g/mol. The lowest BCUT2D eigenvalue weighted by molar-refractivity contribution is -0.143. The Labute approximate surface area is 234 Å². The first-order valence-electron chi connectivity index (χ1n) is 14.2. The Hall–Kier alpha value is -4.38. The van der Waals surface area contributed by atoms with E-state index in [1.54, 1.807) is 0 Å². The SMILES string of the molecule is C[C@H](NC(=O)c1cc(-c2ccccc2)cc2ccn(Cc3ccc4ccccc4c3)c12)C1CCC(C(=O)O)CC1. The summed E-state index contributed by atoms with van der Waals surface area (Å²) in [5.74, 6) is -0.784. The normalized spacial score (nSPS) is 18.0. The van der Waals surface area contributed by atoms with Crippen molar-refractivity contribution in [2.24, 2.45) is 11.8 Å². The number of nitrogens with one attached hydrogen (secondary N) is 1. The number of carbonyl (C=O) groups is 2. The lowest BCUT2D eigenvalue weighted by Crippen LogP contribution is -2.40. The van der Waals surface area contributed by atoms with Crippen LogP contribution < -0.4 is 5.32 Å². The Kier molecular flexibility index (Phi) is 7.12. The Bertz CT molecular complexity index is 1680. The third-order valence-corrected chi connectivity index (χ3v) is 8.57. The van der Waals surface area contributed by atoms with Gasteiger partial charge in [-0.3, -0.25) is 9.59 Å². The third-order valence-electron chi connectivity index (χ3n) is 8.57. The van der Waals surface area contributed by atoms with Crippen molar-refractivity contribution in [3.8, 4) is 11.1 Å². The lowest BCUT2D eigenvalue weighted by Gasteiger charge is -2.31. The number of carbonyl (C=O) groups excluding carboxylic acids is 1. The van der Waals surface area contributed by atoms with Crippen LogP contribution in [0, 0.1) is 11.8 Å². The molecular formula is C35H34N2O3. The number of carboxylic acids is 1. The highest BCUT2D eigenvalue weighted by molar-refractivity contribution is 6.08. The first-order valence-corrected chi connectivity index (χ1v) is 14.2. The molecule has 1 amide bonds. The van der Waals surface area contributed by atoms with Crippen molar-refractivity contribution >= 4 is 33.6 Å². The lowest BCUT2D eigenvalue weighted by atomic mass is 9.79. The van der Waals surface area contributed by atoms with Crippen molar-refractivity contribution in [3.63, 3.8) is 0 Å². The number of aliphatic carboxylic acids is 1. The van der Waals surface area contributed by atoms with Gasteiger partial charge in [0.2, 0.25) is 0 Å². The molecule has 6 rings (SSSR count). The van der Waals surface area contributed by atoms with Crippen LogP contribution in [-0.4, -0.2) is 27.6 Å². The molecule has 0 unspecified atom stereocenters. The smallest absolute Gasteiger partial charge is 0.306 e. The molecule has 1 aliphatic rings. The molecule has 0 spiro atoms. The molecule has 1 atom stereocenters. The summed E-state index contributed by atoms with van der Waals surface area (Å²) >= 11 is 0. The summed E-state index contributed by atoms with van der Waals surface area (Å²) < 4.78 is 2.17. The summed E-state index contributed by atoms with van der Waals surface area (Å²) in [7, 11) is 0. The summed E-state index contributed by atoms with van der Waals surface area (Å²) in [5, 5.41) is 16.1. The Morgan fingerprint density at radius 1 is 0.825 bits per heavy atom. The van der Waals surface area contributed by atoms with Gasteiger partial charge in [0.15, 0.2) is 0 Å². The minimum absolute atomic E-state index is 0.0402. The van der Waals surface area contributed by atoms with Crippen LogP contribution in [0.25, 0.3) is 32.8 Å². The molecule has 4 aromatic carbocycles. The van der Waals surface area contributed by atoms with Crippen molar-refractivity contribution in [1.82, 2.24) is 9.88 Å². The molecule has 202 valence electrons. The maximum absolute atomic E-state index is 13.9. The van der Waals surface area contributed by atoms with Crippen molar-refractivity contribution in [2.45, 2.75) is 45.2 Å². The summed E-state index contributed by atoms with van der Waals surface area (Å²) in [6.07, 6.45) is 5.04. The highest BCUT2D eigenvalue weighted by Crippen LogP contribution is 2.33. The van der Waals surface area contributed by atoms with Gasteiger partial charge in [0.05, 0.1) is 17.0 Å². The van der Waals surface area contributed by atoms with Crippen LogP contribution in [-0.2, 0) is 11.3 Å². The molecule has 1 saturated carbocycles. The molecule has 5 aromatic rings. The van der Waals surface area contributed by atoms with E-state index in [4.69, 9.17) is 0 Å². The minimum atomic E-state index is -0.706. The van der Waals surface area contributed by atoms with E-state index < -0.39 is 5.97 Å². The third kappa shape index (κ3) is 5.24. The molecule has 1 aromatic heterocycles. The molecule has 2 N–H and O–H groups in total. The largest absolute Gasteiger partial charge is 0.481 e. The predicted octanol–water partition coefficient (Wildman–Crippen LogP) is 7.52. The first kappa shape index (κ1) is 25.9. The maximum atomic E-state index is 13.9. The topological polar surface area (TPSA) is 71.3 Å². The number of fused-ring (bicyclic) bond motifs is 2. The van der Waals surface area contributed by atoms with Gasteiger partial charge in [-0.2, -0.15) is 0 Å². The maximum Gasteiger partial charge on any atom is 0.306 e. The van der Waals surface area contributed by atoms with Crippen molar-refractivity contribution < 1.29 is 14.7 Å². The highest BCUT2D eigenvalue weighted by Gasteiger charge is 2.30. The Balaban J connectivity index is 1.33. The molecule has 0 saturated heterocycles. The molecule has 1 heterocycles. The summed E-state index contributed by atoms with van der Waals surface area (Å²) in [4.78, 5) is 25.3. The van der Waals surface area contributed by atoms with Crippen molar-refractivity contribution in [3.05, 3.63) is 108 Å². The Morgan fingerprint density at radius 2 is 1.55 bits per heavy atom. The molecule has 5 heteroatoms. The van der Waals surface area contributed by atoms with Gasteiger partial charge in [-0.15, -0.1) is 0 Å². The van der Waals surface area contributed by atoms with Gasteiger partial charge in [-0.25, -0.2) is 0 Å². The van der Waals surface area contributed by atoms with Crippen molar-refractivity contribution in [1.29, 1.82) is 0 Å². The number of carboxylic acid groups (broad SMARTS) is 1. The van der Waals surface area contributed by atoms with Gasteiger partial charge in [-0.05, 0) is 90.3 Å². The second kappa shape index (κ2) is 11.0. The molecule has 0 radical (unpaired) electrons. The van der Waals surface area contributed by atoms with Crippen LogP contribution >= 0.6 is 0 Å². The van der Waals surface area contributed by atoms with E-state index in [1.807, 2.05) is 24.3 Å². The number of hydrogen-bond acceptors (Lipinski definition) is 2. The zero-order chi connectivity index (χ0) is 27.6. The fraction of sp³-hybridized carbons (Fsp3) is 0.257. The van der Waals surface area contributed by atoms with E-state index in [9.17, 15) is 14.7 Å². The number of hydrogen-bond donors (Lipinski definition) is 2. The second-order valence-corrected chi connectivity index (χ2v) is 11.2. The summed E-state index contributed by atoms with van der Waals surface area (Å²) in [5.41, 5.74) is 4.84. The van der Waals surface area contributed by atoms with Gasteiger partial charge in [0.25, 0.3) is 5.91 Å². The number of benzene rings is 4. The van der Waals surface area contributed by atoms with E-state index in [2.05, 4.69) is 89.7 Å². The molecule has 0 bridgehead atoms. The number of amides is 1. The van der Waals surface area contributed by atoms with E-state index in [0.717, 1.165) is 34.9 Å². The van der Waals surface area contributed by atoms with Crippen molar-refractivity contribution in [2.75, 3.05) is 0 Å². The van der Waals surface area contributed by atoms with E-state index in [-0.39, 0.29) is 23.8 Å². The van der Waals surface area contributed by atoms with Crippen LogP contribution in [0.15, 0.2) is 97.2 Å². The van der Waals surface area contributed by atoms with Gasteiger partial charge in [-0.1, -0.05) is 66.7 Å². The van der Waals surface area contributed by atoms with E-state index in [0.29, 0.717) is 24.9 Å². The van der Waals surface area contributed by atoms with E-state index >= 15 is 0 Å². The van der Waals surface area contributed by atoms with Crippen LogP contribution in [0.4, 0.5) is 0 Å². The van der Waals surface area contributed by atoms with Crippen LogP contribution in [0.1, 0.15) is 48.5 Å². The fourth-order valence-electron chi connectivity index (χ4n) is 6.25. The monoisotopic (exact) mass is 530 g/mol. The molecule has 40 heavy (non-hydrogen) atoms. The molecule has 0 aliphatic heterocycles. The Morgan fingerprint density at radius 3 is 2.30 bits per heavy atom. The van der Waals surface area contributed by atoms with E-state index in [1.165, 1.54) is 16.3 Å². The zero-order valence-electron chi connectivity index (χ0n) is 22.7. The number of rotatable bonds is 7. The number of nitrogens with zero attached hydrogens (tertiary/aromatic N) is 1. The van der Waals surface area contributed by atoms with Gasteiger partial charge in [0, 0.05) is 24.2 Å². The molecule has 5 nitrogen and oxygen atoms in total. The molecule has 1 aliphatic carbocycles. The average Bonchev–Trinajstić information content (AvgIpc) is 3.39. The van der Waals surface area contributed by atoms with Crippen LogP contribution in [0.5, 0.6) is 0 Å². The predicted molar refractivity (Wildman–Crippen MR) is 160 cm³/mol. The summed E-state index contributed by atoms with van der Waals surface area (Å²) in [6.45, 7) is 2.71. The number of aromatic nitrogens is 1.